The minimum Gasteiger partial charge on any atom is -0.295 e. The van der Waals surface area contributed by atoms with E-state index >= 15 is 0 Å². The minimum atomic E-state index is -0.123. The Morgan fingerprint density at radius 2 is 0.958 bits per heavy atom. The number of nitrogens with zero attached hydrogens (tertiary/aromatic N) is 2. The highest BCUT2D eigenvalue weighted by Crippen LogP contribution is 2.49. The largest absolute Gasteiger partial charge is 0.328 e. The van der Waals surface area contributed by atoms with Gasteiger partial charge in [-0.2, -0.15) is 0 Å². The molecule has 48 heavy (non-hydrogen) atoms. The van der Waals surface area contributed by atoms with E-state index in [1.54, 1.807) is 9.13 Å². The molecular weight excluding hydrogens is 585 g/mol. The van der Waals surface area contributed by atoms with Crippen LogP contribution in [0.2, 0.25) is 0 Å². The fourth-order valence-electron chi connectivity index (χ4n) is 7.38. The molecule has 0 saturated heterocycles. The van der Waals surface area contributed by atoms with Gasteiger partial charge in [0.2, 0.25) is 0 Å². The molecule has 0 fully saturated rings. The molecule has 0 aliphatic carbocycles. The molecule has 0 amide bonds. The molecule has 8 aromatic carbocycles. The van der Waals surface area contributed by atoms with E-state index in [1.807, 2.05) is 74.8 Å². The number of fused-ring (bicyclic) bond motifs is 4. The highest BCUT2D eigenvalue weighted by atomic mass is 16.1. The second-order valence-electron chi connectivity index (χ2n) is 12.3. The van der Waals surface area contributed by atoms with Crippen molar-refractivity contribution in [1.29, 1.82) is 0 Å². The average Bonchev–Trinajstić information content (AvgIpc) is 3.44. The number of benzene rings is 7. The van der Waals surface area contributed by atoms with Gasteiger partial charge in [-0.25, -0.2) is 4.79 Å². The third-order valence-electron chi connectivity index (χ3n) is 9.50. The Morgan fingerprint density at radius 1 is 0.458 bits per heavy atom. The van der Waals surface area contributed by atoms with E-state index in [0.717, 1.165) is 65.8 Å². The summed E-state index contributed by atoms with van der Waals surface area (Å²) in [6.45, 7) is 0. The quantitative estimate of drug-likeness (QED) is 0.170. The Morgan fingerprint density at radius 3 is 1.56 bits per heavy atom. The van der Waals surface area contributed by atoms with E-state index < -0.39 is 0 Å². The zero-order chi connectivity index (χ0) is 32.4. The van der Waals surface area contributed by atoms with Crippen LogP contribution in [0.4, 0.5) is 0 Å². The van der Waals surface area contributed by atoms with E-state index in [1.165, 1.54) is 21.7 Å². The summed E-state index contributed by atoms with van der Waals surface area (Å²) < 4.78 is 3.49. The van der Waals surface area contributed by atoms with Crippen LogP contribution in [0.3, 0.4) is 0 Å². The van der Waals surface area contributed by atoms with Crippen molar-refractivity contribution in [2.75, 3.05) is 0 Å². The van der Waals surface area contributed by atoms with Gasteiger partial charge in [0.1, 0.15) is 0 Å². The number of rotatable bonds is 1. The number of aryl methyl sites for hydroxylation is 2. The van der Waals surface area contributed by atoms with Crippen molar-refractivity contribution in [2.45, 2.75) is 0 Å². The highest BCUT2D eigenvalue weighted by Gasteiger charge is 2.25. The molecule has 1 aromatic heterocycles. The normalized spacial score (nSPS) is 11.3. The number of hydrogen-bond acceptors (Lipinski definition) is 1. The van der Waals surface area contributed by atoms with Gasteiger partial charge in [0.15, 0.2) is 0 Å². The van der Waals surface area contributed by atoms with Crippen molar-refractivity contribution in [1.82, 2.24) is 9.13 Å². The Balaban J connectivity index is 1.54. The monoisotopic (exact) mass is 612 g/mol. The first kappa shape index (κ1) is 27.7. The van der Waals surface area contributed by atoms with Crippen LogP contribution in [0.1, 0.15) is 22.3 Å². The molecule has 9 rings (SSSR count). The van der Waals surface area contributed by atoms with Crippen molar-refractivity contribution >= 4 is 54.1 Å². The van der Waals surface area contributed by atoms with Gasteiger partial charge >= 0.3 is 5.69 Å². The molecule has 0 saturated carbocycles. The SMILES string of the molecule is Cn1c(=O)n(C)c2c(C#Cc3ccccc3)cc3c4c(-c5ccccc5)c5ccccc5cc4c4cc(C#Cc5ccccc5)c1c2c43. The summed E-state index contributed by atoms with van der Waals surface area (Å²) in [7, 11) is 3.70. The first-order valence-corrected chi connectivity index (χ1v) is 16.0. The Kier molecular flexibility index (Phi) is 6.22. The third kappa shape index (κ3) is 4.16. The minimum absolute atomic E-state index is 0.123. The van der Waals surface area contributed by atoms with E-state index in [4.69, 9.17) is 0 Å². The zero-order valence-electron chi connectivity index (χ0n) is 26.5. The first-order chi connectivity index (χ1) is 23.6. The lowest BCUT2D eigenvalue weighted by Gasteiger charge is -2.17. The molecule has 0 unspecified atom stereocenters. The Labute approximate surface area is 277 Å². The van der Waals surface area contributed by atoms with E-state index in [2.05, 4.69) is 96.5 Å². The van der Waals surface area contributed by atoms with Gasteiger partial charge in [0, 0.05) is 36.0 Å². The third-order valence-corrected chi connectivity index (χ3v) is 9.50. The molecule has 0 aliphatic heterocycles. The second kappa shape index (κ2) is 10.8. The van der Waals surface area contributed by atoms with Gasteiger partial charge in [-0.05, 0) is 85.9 Å². The molecule has 0 atom stereocenters. The van der Waals surface area contributed by atoms with Gasteiger partial charge in [0.05, 0.1) is 22.2 Å². The summed E-state index contributed by atoms with van der Waals surface area (Å²) in [6.07, 6.45) is 0. The maximum Gasteiger partial charge on any atom is 0.328 e. The summed E-state index contributed by atoms with van der Waals surface area (Å²) in [5.74, 6) is 13.8. The smallest absolute Gasteiger partial charge is 0.295 e. The molecule has 0 aliphatic rings. The Hall–Kier alpha value is -6.55. The van der Waals surface area contributed by atoms with E-state index in [9.17, 15) is 4.79 Å². The maximum atomic E-state index is 13.9. The van der Waals surface area contributed by atoms with Crippen LogP contribution in [-0.2, 0) is 14.1 Å². The lowest BCUT2D eigenvalue weighted by atomic mass is 9.92. The van der Waals surface area contributed by atoms with E-state index in [0.29, 0.717) is 0 Å². The standard InChI is InChI=1S/C45H28N2O/c1-46-43-33(24-22-29-14-6-3-7-15-29)27-37-36-26-32-20-12-13-21-35(32)39(31-18-10-5-11-19-31)40(36)38-28-34(25-23-30-16-8-4-9-17-30)44(42(43)41(37)38)47(2)45(46)48/h3-21,26-28H,1-2H3. The van der Waals surface area contributed by atoms with Crippen LogP contribution in [0, 0.1) is 23.7 Å². The lowest BCUT2D eigenvalue weighted by Crippen LogP contribution is -2.28. The maximum absolute atomic E-state index is 13.9. The summed E-state index contributed by atoms with van der Waals surface area (Å²) in [5.41, 5.74) is 7.34. The van der Waals surface area contributed by atoms with Crippen LogP contribution >= 0.6 is 0 Å². The second-order valence-corrected chi connectivity index (χ2v) is 12.3. The first-order valence-electron chi connectivity index (χ1n) is 16.0. The topological polar surface area (TPSA) is 26.9 Å². The van der Waals surface area contributed by atoms with Gasteiger partial charge < -0.3 is 0 Å². The molecular formula is C45H28N2O. The lowest BCUT2D eigenvalue weighted by molar-refractivity contribution is 0.755. The summed E-state index contributed by atoms with van der Waals surface area (Å²) in [5, 5.41) is 9.11. The average molecular weight is 613 g/mol. The highest BCUT2D eigenvalue weighted by molar-refractivity contribution is 6.40. The van der Waals surface area contributed by atoms with Crippen LogP contribution in [-0.4, -0.2) is 9.13 Å². The summed E-state index contributed by atoms with van der Waals surface area (Å²) >= 11 is 0. The predicted octanol–water partition coefficient (Wildman–Crippen LogP) is 9.39. The van der Waals surface area contributed by atoms with Gasteiger partial charge in [-0.3, -0.25) is 9.13 Å². The zero-order valence-corrected chi connectivity index (χ0v) is 26.5. The number of hydrogen-bond donors (Lipinski definition) is 0. The van der Waals surface area contributed by atoms with Crippen molar-refractivity contribution in [2.24, 2.45) is 14.1 Å². The van der Waals surface area contributed by atoms with Gasteiger partial charge in [0.25, 0.3) is 0 Å². The van der Waals surface area contributed by atoms with Crippen LogP contribution in [0.15, 0.2) is 138 Å². The predicted molar refractivity (Wildman–Crippen MR) is 200 cm³/mol. The van der Waals surface area contributed by atoms with Crippen molar-refractivity contribution in [3.63, 3.8) is 0 Å². The molecule has 0 radical (unpaired) electrons. The molecule has 9 aromatic rings. The van der Waals surface area contributed by atoms with Crippen molar-refractivity contribution in [3.05, 3.63) is 166 Å². The molecule has 3 nitrogen and oxygen atoms in total. The van der Waals surface area contributed by atoms with Crippen molar-refractivity contribution < 1.29 is 0 Å². The molecule has 3 heteroatoms. The summed E-state index contributed by atoms with van der Waals surface area (Å²) in [6, 6.07) is 46.0. The van der Waals surface area contributed by atoms with Gasteiger partial charge in [-0.15, -0.1) is 0 Å². The summed E-state index contributed by atoms with van der Waals surface area (Å²) in [4.78, 5) is 13.9. The van der Waals surface area contributed by atoms with Crippen LogP contribution < -0.4 is 5.69 Å². The molecule has 0 N–H and O–H groups in total. The molecule has 0 spiro atoms. The van der Waals surface area contributed by atoms with Crippen LogP contribution in [0.5, 0.6) is 0 Å². The van der Waals surface area contributed by atoms with Crippen LogP contribution in [0.25, 0.3) is 65.3 Å². The molecule has 0 bridgehead atoms. The Bertz CT molecular complexity index is 2880. The fourth-order valence-corrected chi connectivity index (χ4v) is 7.38. The fraction of sp³-hybridized carbons (Fsp3) is 0.0444. The van der Waals surface area contributed by atoms with E-state index in [-0.39, 0.29) is 5.69 Å². The molecule has 1 heterocycles. The molecule has 224 valence electrons. The van der Waals surface area contributed by atoms with Gasteiger partial charge in [-0.1, -0.05) is 115 Å². The number of aromatic nitrogens is 2. The van der Waals surface area contributed by atoms with Crippen molar-refractivity contribution in [3.8, 4) is 34.8 Å².